The molecule has 3 aromatic rings. The summed E-state index contributed by atoms with van der Waals surface area (Å²) in [5.41, 5.74) is 5.87. The van der Waals surface area contributed by atoms with Crippen LogP contribution in [0, 0.1) is 13.8 Å². The van der Waals surface area contributed by atoms with Crippen LogP contribution in [-0.2, 0) is 13.1 Å². The number of para-hydroxylation sites is 2. The molecule has 0 aliphatic heterocycles. The summed E-state index contributed by atoms with van der Waals surface area (Å²) >= 11 is 0. The Bertz CT molecular complexity index is 953. The van der Waals surface area contributed by atoms with Crippen molar-refractivity contribution in [1.29, 1.82) is 0 Å². The third kappa shape index (κ3) is 3.63. The van der Waals surface area contributed by atoms with Gasteiger partial charge in [-0.15, -0.1) is 0 Å². The van der Waals surface area contributed by atoms with Gasteiger partial charge in [0, 0.05) is 12.1 Å². The second-order valence-electron chi connectivity index (χ2n) is 6.56. The molecule has 25 heavy (non-hydrogen) atoms. The van der Waals surface area contributed by atoms with Gasteiger partial charge < -0.3 is 9.88 Å². The topological polar surface area (TPSA) is 46.9 Å². The highest BCUT2D eigenvalue weighted by molar-refractivity contribution is 5.95. The Kier molecular flexibility index (Phi) is 4.70. The van der Waals surface area contributed by atoms with Crippen LogP contribution in [0.1, 0.15) is 34.2 Å². The number of hydrogen-bond acceptors (Lipinski definition) is 2. The molecular formula is C21H23N3O. The van der Waals surface area contributed by atoms with E-state index in [4.69, 9.17) is 0 Å². The van der Waals surface area contributed by atoms with E-state index in [1.807, 2.05) is 63.2 Å². The van der Waals surface area contributed by atoms with Gasteiger partial charge in [-0.3, -0.25) is 4.79 Å². The number of nitrogens with zero attached hydrogens (tertiary/aromatic N) is 2. The molecule has 0 atom stereocenters. The summed E-state index contributed by atoms with van der Waals surface area (Å²) in [6, 6.07) is 13.8. The Morgan fingerprint density at radius 2 is 1.96 bits per heavy atom. The first-order chi connectivity index (χ1) is 12.0. The van der Waals surface area contributed by atoms with E-state index >= 15 is 0 Å². The zero-order valence-corrected chi connectivity index (χ0v) is 15.0. The maximum atomic E-state index is 12.5. The maximum absolute atomic E-state index is 12.5. The summed E-state index contributed by atoms with van der Waals surface area (Å²) in [6.07, 6.45) is 0. The average Bonchev–Trinajstić information content (AvgIpc) is 2.90. The summed E-state index contributed by atoms with van der Waals surface area (Å²) in [5, 5.41) is 3.00. The van der Waals surface area contributed by atoms with Gasteiger partial charge in [0.2, 0.25) is 0 Å². The number of benzene rings is 2. The second kappa shape index (κ2) is 6.93. The zero-order valence-electron chi connectivity index (χ0n) is 15.0. The molecule has 1 heterocycles. The Labute approximate surface area is 148 Å². The standard InChI is InChI=1S/C21H23N3O/c1-14(2)13-24-19-8-6-5-7-18(19)23-20(24)12-22-21(25)17-10-9-15(3)11-16(17)4/h5-11H,1,12-13H2,2-4H3,(H,22,25). The van der Waals surface area contributed by atoms with Crippen LogP contribution in [0.5, 0.6) is 0 Å². The van der Waals surface area contributed by atoms with E-state index in [2.05, 4.69) is 21.4 Å². The molecule has 0 saturated carbocycles. The molecule has 0 spiro atoms. The fourth-order valence-electron chi connectivity index (χ4n) is 3.03. The van der Waals surface area contributed by atoms with Gasteiger partial charge >= 0.3 is 0 Å². The van der Waals surface area contributed by atoms with E-state index in [1.165, 1.54) is 0 Å². The Hall–Kier alpha value is -2.88. The Morgan fingerprint density at radius 1 is 1.20 bits per heavy atom. The molecule has 4 heteroatoms. The van der Waals surface area contributed by atoms with Gasteiger partial charge in [0.1, 0.15) is 5.82 Å². The van der Waals surface area contributed by atoms with Gasteiger partial charge in [-0.2, -0.15) is 0 Å². The monoisotopic (exact) mass is 333 g/mol. The largest absolute Gasteiger partial charge is 0.345 e. The number of carbonyl (C=O) groups excluding carboxylic acids is 1. The highest BCUT2D eigenvalue weighted by atomic mass is 16.1. The number of allylic oxidation sites excluding steroid dienone is 1. The van der Waals surface area contributed by atoms with Crippen molar-refractivity contribution in [2.75, 3.05) is 0 Å². The van der Waals surface area contributed by atoms with Gasteiger partial charge in [-0.05, 0) is 44.5 Å². The zero-order chi connectivity index (χ0) is 18.0. The molecule has 2 aromatic carbocycles. The van der Waals surface area contributed by atoms with Gasteiger partial charge in [-0.1, -0.05) is 42.0 Å². The summed E-state index contributed by atoms with van der Waals surface area (Å²) in [5.74, 6) is 0.758. The molecule has 0 radical (unpaired) electrons. The molecule has 4 nitrogen and oxygen atoms in total. The van der Waals surface area contributed by atoms with Crippen molar-refractivity contribution in [3.8, 4) is 0 Å². The first-order valence-corrected chi connectivity index (χ1v) is 8.39. The van der Waals surface area contributed by atoms with E-state index in [-0.39, 0.29) is 5.91 Å². The van der Waals surface area contributed by atoms with Crippen LogP contribution < -0.4 is 5.32 Å². The highest BCUT2D eigenvalue weighted by Crippen LogP contribution is 2.18. The van der Waals surface area contributed by atoms with Gasteiger partial charge in [-0.25, -0.2) is 4.98 Å². The quantitative estimate of drug-likeness (QED) is 0.713. The molecular weight excluding hydrogens is 310 g/mol. The molecule has 1 amide bonds. The summed E-state index contributed by atoms with van der Waals surface area (Å²) in [6.45, 7) is 11.0. The molecule has 0 aliphatic rings. The highest BCUT2D eigenvalue weighted by Gasteiger charge is 2.13. The molecule has 1 N–H and O–H groups in total. The Morgan fingerprint density at radius 3 is 2.68 bits per heavy atom. The lowest BCUT2D eigenvalue weighted by Crippen LogP contribution is -2.25. The van der Waals surface area contributed by atoms with Crippen molar-refractivity contribution in [2.24, 2.45) is 0 Å². The van der Waals surface area contributed by atoms with Crippen molar-refractivity contribution in [1.82, 2.24) is 14.9 Å². The smallest absolute Gasteiger partial charge is 0.251 e. The Balaban J connectivity index is 1.85. The minimum atomic E-state index is -0.0774. The van der Waals surface area contributed by atoms with Crippen molar-refractivity contribution >= 4 is 16.9 Å². The SMILES string of the molecule is C=C(C)Cn1c(CNC(=O)c2ccc(C)cc2C)nc2ccccc21. The van der Waals surface area contributed by atoms with Crippen LogP contribution in [0.15, 0.2) is 54.6 Å². The minimum Gasteiger partial charge on any atom is -0.345 e. The predicted molar refractivity (Wildman–Crippen MR) is 102 cm³/mol. The molecule has 1 aromatic heterocycles. The summed E-state index contributed by atoms with van der Waals surface area (Å²) in [7, 11) is 0. The number of aromatic nitrogens is 2. The van der Waals surface area contributed by atoms with E-state index < -0.39 is 0 Å². The summed E-state index contributed by atoms with van der Waals surface area (Å²) in [4.78, 5) is 17.2. The van der Waals surface area contributed by atoms with Gasteiger partial charge in [0.15, 0.2) is 0 Å². The van der Waals surface area contributed by atoms with Crippen LogP contribution in [0.3, 0.4) is 0 Å². The molecule has 0 bridgehead atoms. The number of aryl methyl sites for hydroxylation is 2. The van der Waals surface area contributed by atoms with Crippen LogP contribution in [0.2, 0.25) is 0 Å². The lowest BCUT2D eigenvalue weighted by Gasteiger charge is -2.11. The molecule has 0 saturated heterocycles. The van der Waals surface area contributed by atoms with Crippen LogP contribution in [-0.4, -0.2) is 15.5 Å². The number of imidazole rings is 1. The third-order valence-electron chi connectivity index (χ3n) is 4.20. The van der Waals surface area contributed by atoms with Crippen molar-refractivity contribution in [3.05, 3.63) is 77.1 Å². The molecule has 0 unspecified atom stereocenters. The number of carbonyl (C=O) groups is 1. The minimum absolute atomic E-state index is 0.0774. The first kappa shape index (κ1) is 17.0. The van der Waals surface area contributed by atoms with Crippen molar-refractivity contribution in [3.63, 3.8) is 0 Å². The van der Waals surface area contributed by atoms with Crippen LogP contribution in [0.25, 0.3) is 11.0 Å². The van der Waals surface area contributed by atoms with E-state index in [0.717, 1.165) is 33.6 Å². The van der Waals surface area contributed by atoms with Gasteiger partial charge in [0.25, 0.3) is 5.91 Å². The van der Waals surface area contributed by atoms with Crippen LogP contribution >= 0.6 is 0 Å². The second-order valence-corrected chi connectivity index (χ2v) is 6.56. The lowest BCUT2D eigenvalue weighted by atomic mass is 10.1. The van der Waals surface area contributed by atoms with E-state index in [0.29, 0.717) is 18.7 Å². The number of nitrogens with one attached hydrogen (secondary N) is 1. The molecule has 3 rings (SSSR count). The number of rotatable bonds is 5. The fraction of sp³-hybridized carbons (Fsp3) is 0.238. The normalized spacial score (nSPS) is 10.8. The van der Waals surface area contributed by atoms with Crippen molar-refractivity contribution in [2.45, 2.75) is 33.9 Å². The van der Waals surface area contributed by atoms with Gasteiger partial charge in [0.05, 0.1) is 17.6 Å². The summed E-state index contributed by atoms with van der Waals surface area (Å²) < 4.78 is 2.11. The van der Waals surface area contributed by atoms with Crippen LogP contribution in [0.4, 0.5) is 0 Å². The third-order valence-corrected chi connectivity index (χ3v) is 4.20. The fourth-order valence-corrected chi connectivity index (χ4v) is 3.03. The predicted octanol–water partition coefficient (Wildman–Crippen LogP) is 4.16. The molecule has 0 aliphatic carbocycles. The molecule has 128 valence electrons. The number of fused-ring (bicyclic) bond motifs is 1. The maximum Gasteiger partial charge on any atom is 0.251 e. The first-order valence-electron chi connectivity index (χ1n) is 8.39. The van der Waals surface area contributed by atoms with E-state index in [1.54, 1.807) is 0 Å². The van der Waals surface area contributed by atoms with Crippen molar-refractivity contribution < 1.29 is 4.79 Å². The van der Waals surface area contributed by atoms with E-state index in [9.17, 15) is 4.79 Å². The lowest BCUT2D eigenvalue weighted by molar-refractivity contribution is 0.0949. The molecule has 0 fully saturated rings. The number of hydrogen-bond donors (Lipinski definition) is 1. The average molecular weight is 333 g/mol. The number of amides is 1.